The molecule has 0 spiro atoms. The van der Waals surface area contributed by atoms with Gasteiger partial charge in [0.05, 0.1) is 13.7 Å². The molecule has 0 saturated carbocycles. The molecule has 1 aromatic carbocycles. The summed E-state index contributed by atoms with van der Waals surface area (Å²) in [6.45, 7) is 9.32. The third kappa shape index (κ3) is 6.30. The van der Waals surface area contributed by atoms with E-state index in [1.165, 1.54) is 5.56 Å². The van der Waals surface area contributed by atoms with Crippen LogP contribution in [0.3, 0.4) is 0 Å². The van der Waals surface area contributed by atoms with Crippen LogP contribution in [0.2, 0.25) is 0 Å². The fourth-order valence-corrected chi connectivity index (χ4v) is 3.15. The molecule has 154 valence electrons. The molecule has 0 aliphatic rings. The molecule has 2 rings (SSSR count). The SMILES string of the molecule is CCNC(=NCC(C)(O)c1cc(C)oc1C)NCCCc1cccc(OC)c1. The topological polar surface area (TPSA) is 79.0 Å². The minimum atomic E-state index is -1.08. The molecule has 0 radical (unpaired) electrons. The van der Waals surface area contributed by atoms with E-state index >= 15 is 0 Å². The maximum absolute atomic E-state index is 10.8. The fraction of sp³-hybridized carbons (Fsp3) is 0.500. The summed E-state index contributed by atoms with van der Waals surface area (Å²) < 4.78 is 10.8. The lowest BCUT2D eigenvalue weighted by atomic mass is 9.96. The van der Waals surface area contributed by atoms with E-state index in [0.29, 0.717) is 5.96 Å². The molecule has 0 amide bonds. The second kappa shape index (κ2) is 10.2. The number of aliphatic imine (C=N–C) groups is 1. The Morgan fingerprint density at radius 3 is 2.68 bits per heavy atom. The molecular weight excluding hydrogens is 354 g/mol. The van der Waals surface area contributed by atoms with Crippen LogP contribution in [0, 0.1) is 13.8 Å². The number of ether oxygens (including phenoxy) is 1. The van der Waals surface area contributed by atoms with E-state index in [4.69, 9.17) is 9.15 Å². The monoisotopic (exact) mass is 387 g/mol. The van der Waals surface area contributed by atoms with E-state index < -0.39 is 5.60 Å². The van der Waals surface area contributed by atoms with Crippen molar-refractivity contribution in [2.75, 3.05) is 26.7 Å². The highest BCUT2D eigenvalue weighted by molar-refractivity contribution is 5.79. The highest BCUT2D eigenvalue weighted by Crippen LogP contribution is 2.27. The molecule has 28 heavy (non-hydrogen) atoms. The van der Waals surface area contributed by atoms with Gasteiger partial charge in [-0.25, -0.2) is 4.99 Å². The molecule has 6 heteroatoms. The van der Waals surface area contributed by atoms with Crippen molar-refractivity contribution in [2.45, 2.75) is 46.1 Å². The lowest BCUT2D eigenvalue weighted by Crippen LogP contribution is -2.39. The second-order valence-corrected chi connectivity index (χ2v) is 7.18. The maximum atomic E-state index is 10.8. The second-order valence-electron chi connectivity index (χ2n) is 7.18. The zero-order chi connectivity index (χ0) is 20.6. The van der Waals surface area contributed by atoms with Gasteiger partial charge in [-0.2, -0.15) is 0 Å². The van der Waals surface area contributed by atoms with Crippen molar-refractivity contribution in [1.29, 1.82) is 0 Å². The first-order valence-electron chi connectivity index (χ1n) is 9.80. The van der Waals surface area contributed by atoms with Crippen LogP contribution in [0.5, 0.6) is 5.75 Å². The Morgan fingerprint density at radius 2 is 2.04 bits per heavy atom. The zero-order valence-electron chi connectivity index (χ0n) is 17.6. The predicted octanol–water partition coefficient (Wildman–Crippen LogP) is 3.30. The standard InChI is InChI=1S/C22H33N3O3/c1-6-23-21(24-12-8-10-18-9-7-11-19(14-18)27-5)25-15-22(4,26)20-13-16(2)28-17(20)3/h7,9,11,13-14,26H,6,8,10,12,15H2,1-5H3,(H2,23,24,25). The van der Waals surface area contributed by atoms with Gasteiger partial charge >= 0.3 is 0 Å². The molecule has 0 fully saturated rings. The Kier molecular flexibility index (Phi) is 7.93. The first kappa shape index (κ1) is 21.8. The smallest absolute Gasteiger partial charge is 0.191 e. The molecule has 2 aromatic rings. The van der Waals surface area contributed by atoms with E-state index in [-0.39, 0.29) is 6.54 Å². The van der Waals surface area contributed by atoms with Crippen LogP contribution < -0.4 is 15.4 Å². The summed E-state index contributed by atoms with van der Waals surface area (Å²) in [7, 11) is 1.68. The van der Waals surface area contributed by atoms with Crippen LogP contribution in [0.1, 0.15) is 42.9 Å². The molecule has 6 nitrogen and oxygen atoms in total. The number of furan rings is 1. The van der Waals surface area contributed by atoms with Crippen molar-refractivity contribution in [3.63, 3.8) is 0 Å². The third-order valence-electron chi connectivity index (χ3n) is 4.58. The Bertz CT molecular complexity index is 781. The van der Waals surface area contributed by atoms with Crippen molar-refractivity contribution in [3.05, 3.63) is 53.0 Å². The Hall–Kier alpha value is -2.47. The van der Waals surface area contributed by atoms with Gasteiger partial charge in [0, 0.05) is 18.7 Å². The number of methoxy groups -OCH3 is 1. The summed E-state index contributed by atoms with van der Waals surface area (Å²) in [5.41, 5.74) is 0.949. The molecule has 0 aliphatic carbocycles. The summed E-state index contributed by atoms with van der Waals surface area (Å²) >= 11 is 0. The molecule has 0 bridgehead atoms. The van der Waals surface area contributed by atoms with Crippen LogP contribution >= 0.6 is 0 Å². The van der Waals surface area contributed by atoms with Gasteiger partial charge in [0.1, 0.15) is 22.9 Å². The number of hydrogen-bond donors (Lipinski definition) is 3. The van der Waals surface area contributed by atoms with Gasteiger partial charge in [-0.3, -0.25) is 0 Å². The average molecular weight is 388 g/mol. The summed E-state index contributed by atoms with van der Waals surface area (Å²) in [6, 6.07) is 10.0. The number of aliphatic hydroxyl groups is 1. The summed E-state index contributed by atoms with van der Waals surface area (Å²) in [5.74, 6) is 3.10. The predicted molar refractivity (Wildman–Crippen MR) is 113 cm³/mol. The molecule has 1 aromatic heterocycles. The van der Waals surface area contributed by atoms with Gasteiger partial charge in [-0.15, -0.1) is 0 Å². The summed E-state index contributed by atoms with van der Waals surface area (Å²) in [6.07, 6.45) is 1.92. The van der Waals surface area contributed by atoms with E-state index in [0.717, 1.165) is 48.8 Å². The number of nitrogens with one attached hydrogen (secondary N) is 2. The average Bonchev–Trinajstić information content (AvgIpc) is 3.02. The minimum absolute atomic E-state index is 0.248. The molecule has 1 heterocycles. The first-order valence-corrected chi connectivity index (χ1v) is 9.80. The van der Waals surface area contributed by atoms with Crippen molar-refractivity contribution >= 4 is 5.96 Å². The molecular formula is C22H33N3O3. The highest BCUT2D eigenvalue weighted by atomic mass is 16.5. The van der Waals surface area contributed by atoms with Crippen LogP contribution in [0.4, 0.5) is 0 Å². The van der Waals surface area contributed by atoms with Crippen molar-refractivity contribution in [1.82, 2.24) is 10.6 Å². The van der Waals surface area contributed by atoms with Crippen molar-refractivity contribution in [3.8, 4) is 5.75 Å². The molecule has 0 saturated heterocycles. The Morgan fingerprint density at radius 1 is 1.25 bits per heavy atom. The lowest BCUT2D eigenvalue weighted by Gasteiger charge is -2.21. The van der Waals surface area contributed by atoms with Gasteiger partial charge < -0.3 is 24.9 Å². The third-order valence-corrected chi connectivity index (χ3v) is 4.58. The molecule has 3 N–H and O–H groups in total. The number of benzene rings is 1. The fourth-order valence-electron chi connectivity index (χ4n) is 3.15. The van der Waals surface area contributed by atoms with Gasteiger partial charge in [-0.1, -0.05) is 12.1 Å². The van der Waals surface area contributed by atoms with Crippen LogP contribution in [-0.4, -0.2) is 37.8 Å². The normalized spacial score (nSPS) is 13.9. The largest absolute Gasteiger partial charge is 0.497 e. The summed E-state index contributed by atoms with van der Waals surface area (Å²) in [4.78, 5) is 4.57. The number of nitrogens with zero attached hydrogens (tertiary/aromatic N) is 1. The number of rotatable bonds is 9. The Balaban J connectivity index is 1.90. The van der Waals surface area contributed by atoms with Crippen molar-refractivity contribution in [2.24, 2.45) is 4.99 Å². The van der Waals surface area contributed by atoms with E-state index in [1.54, 1.807) is 14.0 Å². The Labute approximate surface area is 168 Å². The number of guanidine groups is 1. The van der Waals surface area contributed by atoms with Gasteiger partial charge in [-0.05, 0) is 64.3 Å². The van der Waals surface area contributed by atoms with E-state index in [1.807, 2.05) is 39.0 Å². The van der Waals surface area contributed by atoms with Crippen molar-refractivity contribution < 1.29 is 14.3 Å². The number of aryl methyl sites for hydroxylation is 3. The van der Waals surface area contributed by atoms with Crippen LogP contribution in [-0.2, 0) is 12.0 Å². The first-order chi connectivity index (χ1) is 13.4. The van der Waals surface area contributed by atoms with Gasteiger partial charge in [0.15, 0.2) is 5.96 Å². The zero-order valence-corrected chi connectivity index (χ0v) is 17.6. The minimum Gasteiger partial charge on any atom is -0.497 e. The van der Waals surface area contributed by atoms with Gasteiger partial charge in [0.2, 0.25) is 0 Å². The number of hydrogen-bond acceptors (Lipinski definition) is 4. The van der Waals surface area contributed by atoms with Crippen LogP contribution in [0.25, 0.3) is 0 Å². The molecule has 1 unspecified atom stereocenters. The van der Waals surface area contributed by atoms with E-state index in [9.17, 15) is 5.11 Å². The summed E-state index contributed by atoms with van der Waals surface area (Å²) in [5, 5.41) is 17.4. The van der Waals surface area contributed by atoms with E-state index in [2.05, 4.69) is 27.8 Å². The quantitative estimate of drug-likeness (QED) is 0.350. The van der Waals surface area contributed by atoms with Gasteiger partial charge in [0.25, 0.3) is 0 Å². The highest BCUT2D eigenvalue weighted by Gasteiger charge is 2.27. The van der Waals surface area contributed by atoms with Crippen LogP contribution in [0.15, 0.2) is 39.7 Å². The maximum Gasteiger partial charge on any atom is 0.191 e. The molecule has 0 aliphatic heterocycles. The lowest BCUT2D eigenvalue weighted by molar-refractivity contribution is 0.0657. The molecule has 1 atom stereocenters.